The predicted molar refractivity (Wildman–Crippen MR) is 115 cm³/mol. The van der Waals surface area contributed by atoms with Crippen molar-refractivity contribution in [2.75, 3.05) is 0 Å². The second kappa shape index (κ2) is 7.93. The van der Waals surface area contributed by atoms with Gasteiger partial charge in [0, 0.05) is 18.9 Å². The highest BCUT2D eigenvalue weighted by Gasteiger charge is 2.26. The Labute approximate surface area is 173 Å². The van der Waals surface area contributed by atoms with Gasteiger partial charge in [0.05, 0.1) is 18.1 Å². The van der Waals surface area contributed by atoms with Crippen molar-refractivity contribution in [2.24, 2.45) is 0 Å². The Morgan fingerprint density at radius 1 is 0.966 bits per heavy atom. The van der Waals surface area contributed by atoms with E-state index in [2.05, 4.69) is 73.4 Å². The minimum Gasteiger partial charge on any atom is -0.336 e. The summed E-state index contributed by atoms with van der Waals surface area (Å²) in [5.41, 5.74) is 12.8. The van der Waals surface area contributed by atoms with Crippen LogP contribution < -0.4 is 16.4 Å². The Balaban J connectivity index is 1.33. The standard InChI is InChI=1S/C22H21ClN6/c23-22-21(26-28-27-22)17-8-10-24-19(12-17)20-13-29(14-25-20)11-9-16-6-3-5-15-4-1-2-7-18(15)16/h1-8,10,12-14,21-22,26-28H,9,11H2. The van der Waals surface area contributed by atoms with Crippen LogP contribution in [-0.2, 0) is 13.0 Å². The highest BCUT2D eigenvalue weighted by Crippen LogP contribution is 2.25. The molecule has 146 valence electrons. The van der Waals surface area contributed by atoms with Gasteiger partial charge < -0.3 is 4.57 Å². The van der Waals surface area contributed by atoms with Gasteiger partial charge in [-0.25, -0.2) is 15.8 Å². The second-order valence-corrected chi connectivity index (χ2v) is 7.62. The number of aryl methyl sites for hydroxylation is 2. The molecule has 0 amide bonds. The Bertz CT molecular complexity index is 1140. The molecule has 1 aliphatic rings. The molecular weight excluding hydrogens is 384 g/mol. The topological polar surface area (TPSA) is 66.8 Å². The summed E-state index contributed by atoms with van der Waals surface area (Å²) in [6, 6.07) is 18.9. The zero-order chi connectivity index (χ0) is 19.6. The first-order chi connectivity index (χ1) is 14.3. The Morgan fingerprint density at radius 3 is 2.76 bits per heavy atom. The zero-order valence-corrected chi connectivity index (χ0v) is 16.5. The molecule has 6 nitrogen and oxygen atoms in total. The number of fused-ring (bicyclic) bond motifs is 1. The molecule has 0 radical (unpaired) electrons. The van der Waals surface area contributed by atoms with Crippen molar-refractivity contribution in [3.05, 3.63) is 84.4 Å². The van der Waals surface area contributed by atoms with E-state index in [0.717, 1.165) is 29.9 Å². The first-order valence-electron chi connectivity index (χ1n) is 9.63. The van der Waals surface area contributed by atoms with Gasteiger partial charge in [-0.3, -0.25) is 4.98 Å². The van der Waals surface area contributed by atoms with E-state index in [9.17, 15) is 0 Å². The highest BCUT2D eigenvalue weighted by atomic mass is 35.5. The molecule has 1 saturated heterocycles. The van der Waals surface area contributed by atoms with Gasteiger partial charge in [0.25, 0.3) is 0 Å². The van der Waals surface area contributed by atoms with E-state index in [1.165, 1.54) is 16.3 Å². The van der Waals surface area contributed by atoms with Gasteiger partial charge in [0.2, 0.25) is 0 Å². The van der Waals surface area contributed by atoms with Crippen LogP contribution >= 0.6 is 11.6 Å². The van der Waals surface area contributed by atoms with Gasteiger partial charge in [0.15, 0.2) is 0 Å². The van der Waals surface area contributed by atoms with Crippen LogP contribution in [0.3, 0.4) is 0 Å². The summed E-state index contributed by atoms with van der Waals surface area (Å²) in [7, 11) is 0. The van der Waals surface area contributed by atoms with E-state index in [0.29, 0.717) is 0 Å². The summed E-state index contributed by atoms with van der Waals surface area (Å²) in [4.78, 5) is 9.05. The van der Waals surface area contributed by atoms with Gasteiger partial charge in [-0.1, -0.05) is 42.5 Å². The number of hydrazine groups is 2. The normalized spacial score (nSPS) is 19.1. The van der Waals surface area contributed by atoms with Crippen LogP contribution in [0.25, 0.3) is 22.2 Å². The maximum absolute atomic E-state index is 6.28. The molecule has 2 aromatic heterocycles. The lowest BCUT2D eigenvalue weighted by atomic mass is 10.0. The van der Waals surface area contributed by atoms with Crippen molar-refractivity contribution < 1.29 is 0 Å². The maximum Gasteiger partial charge on any atom is 0.117 e. The molecule has 2 atom stereocenters. The number of hydrogen-bond acceptors (Lipinski definition) is 5. The molecule has 3 heterocycles. The minimum absolute atomic E-state index is 0.0353. The number of imidazole rings is 1. The van der Waals surface area contributed by atoms with Crippen molar-refractivity contribution in [3.63, 3.8) is 0 Å². The van der Waals surface area contributed by atoms with Crippen molar-refractivity contribution in [2.45, 2.75) is 24.5 Å². The summed E-state index contributed by atoms with van der Waals surface area (Å²) in [6.45, 7) is 0.864. The zero-order valence-electron chi connectivity index (χ0n) is 15.7. The van der Waals surface area contributed by atoms with Gasteiger partial charge in [0.1, 0.15) is 11.2 Å². The van der Waals surface area contributed by atoms with E-state index in [4.69, 9.17) is 11.6 Å². The molecule has 0 aliphatic carbocycles. The molecule has 0 spiro atoms. The average Bonchev–Trinajstić information content (AvgIpc) is 3.41. The third-order valence-electron chi connectivity index (χ3n) is 5.29. The second-order valence-electron chi connectivity index (χ2n) is 7.15. The third-order valence-corrected chi connectivity index (χ3v) is 5.65. The van der Waals surface area contributed by atoms with E-state index in [1.54, 1.807) is 6.20 Å². The van der Waals surface area contributed by atoms with Gasteiger partial charge in [-0.05, 0) is 40.5 Å². The monoisotopic (exact) mass is 404 g/mol. The molecule has 0 saturated carbocycles. The number of nitrogens with one attached hydrogen (secondary N) is 3. The van der Waals surface area contributed by atoms with Crippen LogP contribution in [0.2, 0.25) is 0 Å². The molecular formula is C22H21ClN6. The number of benzene rings is 2. The van der Waals surface area contributed by atoms with Crippen LogP contribution in [0.15, 0.2) is 73.3 Å². The van der Waals surface area contributed by atoms with Crippen molar-refractivity contribution in [1.29, 1.82) is 0 Å². The summed E-state index contributed by atoms with van der Waals surface area (Å²) in [5, 5.41) is 2.59. The lowest BCUT2D eigenvalue weighted by Crippen LogP contribution is -2.31. The quantitative estimate of drug-likeness (QED) is 0.350. The molecule has 1 fully saturated rings. The lowest BCUT2D eigenvalue weighted by molar-refractivity contribution is 0.555. The highest BCUT2D eigenvalue weighted by molar-refractivity contribution is 6.20. The van der Waals surface area contributed by atoms with Crippen molar-refractivity contribution >= 4 is 22.4 Å². The molecule has 5 rings (SSSR count). The lowest BCUT2D eigenvalue weighted by Gasteiger charge is -2.12. The van der Waals surface area contributed by atoms with Crippen LogP contribution in [0, 0.1) is 0 Å². The number of alkyl halides is 1. The average molecular weight is 405 g/mol. The van der Waals surface area contributed by atoms with Crippen molar-refractivity contribution in [1.82, 2.24) is 30.9 Å². The number of rotatable bonds is 5. The molecule has 1 aliphatic heterocycles. The summed E-state index contributed by atoms with van der Waals surface area (Å²) in [6.07, 6.45) is 6.66. The van der Waals surface area contributed by atoms with Crippen LogP contribution in [0.1, 0.15) is 17.2 Å². The Kier molecular flexibility index (Phi) is 4.99. The molecule has 0 bridgehead atoms. The largest absolute Gasteiger partial charge is 0.336 e. The minimum atomic E-state index is -0.233. The van der Waals surface area contributed by atoms with Crippen LogP contribution in [0.5, 0.6) is 0 Å². The van der Waals surface area contributed by atoms with Crippen molar-refractivity contribution in [3.8, 4) is 11.4 Å². The van der Waals surface area contributed by atoms with E-state index in [-0.39, 0.29) is 11.5 Å². The SMILES string of the molecule is ClC1NNNC1c1ccnc(-c2cn(CCc3cccc4ccccc34)cn2)c1. The van der Waals surface area contributed by atoms with E-state index < -0.39 is 0 Å². The third kappa shape index (κ3) is 3.75. The number of pyridine rings is 1. The molecule has 3 N–H and O–H groups in total. The fourth-order valence-corrected chi connectivity index (χ4v) is 4.02. The summed E-state index contributed by atoms with van der Waals surface area (Å²) in [5.74, 6) is 0. The first kappa shape index (κ1) is 18.3. The Morgan fingerprint density at radius 2 is 1.86 bits per heavy atom. The Hall–Kier alpha value is -2.77. The van der Waals surface area contributed by atoms with Crippen LogP contribution in [-0.4, -0.2) is 20.0 Å². The van der Waals surface area contributed by atoms with Gasteiger partial charge in [-0.15, -0.1) is 11.6 Å². The smallest absolute Gasteiger partial charge is 0.117 e. The fourth-order valence-electron chi connectivity index (χ4n) is 3.75. The maximum atomic E-state index is 6.28. The molecule has 2 aromatic carbocycles. The number of halogens is 1. The van der Waals surface area contributed by atoms with E-state index in [1.807, 2.05) is 24.7 Å². The molecule has 29 heavy (non-hydrogen) atoms. The number of nitrogens with zero attached hydrogens (tertiary/aromatic N) is 3. The van der Waals surface area contributed by atoms with E-state index >= 15 is 0 Å². The molecule has 2 unspecified atom stereocenters. The van der Waals surface area contributed by atoms with Crippen LogP contribution in [0.4, 0.5) is 0 Å². The predicted octanol–water partition coefficient (Wildman–Crippen LogP) is 3.56. The van der Waals surface area contributed by atoms with Gasteiger partial charge >= 0.3 is 0 Å². The summed E-state index contributed by atoms with van der Waals surface area (Å²) < 4.78 is 2.12. The summed E-state index contributed by atoms with van der Waals surface area (Å²) >= 11 is 6.28. The molecule has 7 heteroatoms. The first-order valence-corrected chi connectivity index (χ1v) is 10.1. The van der Waals surface area contributed by atoms with Gasteiger partial charge in [-0.2, -0.15) is 5.53 Å². The number of hydrogen-bond donors (Lipinski definition) is 3. The number of aromatic nitrogens is 3. The molecule has 4 aromatic rings. The fraction of sp³-hybridized carbons (Fsp3) is 0.182.